The molecule has 0 aliphatic heterocycles. The van der Waals surface area contributed by atoms with Crippen molar-refractivity contribution in [3.8, 4) is 0 Å². The molecule has 0 heterocycles. The smallest absolute Gasteiger partial charge is 0.187 e. The average molecular weight is 506 g/mol. The Hall–Kier alpha value is -2.18. The summed E-state index contributed by atoms with van der Waals surface area (Å²) in [5.41, 5.74) is 1.41. The maximum absolute atomic E-state index is 11.3. The first kappa shape index (κ1) is 30.8. The third-order valence-electron chi connectivity index (χ3n) is 4.81. The van der Waals surface area contributed by atoms with Gasteiger partial charge < -0.3 is 20.8 Å². The van der Waals surface area contributed by atoms with E-state index in [2.05, 4.69) is 10.6 Å². The van der Waals surface area contributed by atoms with E-state index in [0.29, 0.717) is 11.1 Å². The Morgan fingerprint density at radius 2 is 0.939 bits per heavy atom. The van der Waals surface area contributed by atoms with Crippen molar-refractivity contribution in [2.24, 2.45) is 0 Å². The maximum Gasteiger partial charge on any atom is 0.187 e. The summed E-state index contributed by atoms with van der Waals surface area (Å²) >= 11 is 0. The molecule has 6 nitrogen and oxygen atoms in total. The Labute approximate surface area is 208 Å². The van der Waals surface area contributed by atoms with E-state index in [-0.39, 0.29) is 41.8 Å². The summed E-state index contributed by atoms with van der Waals surface area (Å²) in [6.45, 7) is 2.31. The monoisotopic (exact) mass is 505 g/mol. The molecule has 4 N–H and O–H groups in total. The largest absolute Gasteiger partial charge is 0.396 e. The van der Waals surface area contributed by atoms with Gasteiger partial charge in [0, 0.05) is 66.9 Å². The van der Waals surface area contributed by atoms with Crippen LogP contribution in [0.5, 0.6) is 0 Å². The molecule has 0 fully saturated rings. The molecular formula is C26H38CuN2O4. The number of rotatable bonds is 14. The van der Waals surface area contributed by atoms with Crippen LogP contribution in [-0.2, 0) is 26.7 Å². The molecule has 0 aromatic heterocycles. The molecule has 2 aliphatic rings. The van der Waals surface area contributed by atoms with Crippen molar-refractivity contribution in [1.29, 1.82) is 0 Å². The molecule has 0 atom stereocenters. The van der Waals surface area contributed by atoms with Gasteiger partial charge in [-0.25, -0.2) is 0 Å². The zero-order valence-electron chi connectivity index (χ0n) is 19.3. The van der Waals surface area contributed by atoms with Gasteiger partial charge in [0.2, 0.25) is 0 Å². The number of nitrogens with one attached hydrogen (secondary N) is 2. The number of hydrogen-bond acceptors (Lipinski definition) is 6. The first-order chi connectivity index (χ1) is 15.7. The summed E-state index contributed by atoms with van der Waals surface area (Å²) < 4.78 is 0. The fourth-order valence-electron chi connectivity index (χ4n) is 2.95. The zero-order valence-corrected chi connectivity index (χ0v) is 20.2. The van der Waals surface area contributed by atoms with E-state index in [4.69, 9.17) is 10.2 Å². The number of ketones is 2. The number of aliphatic hydroxyl groups excluding tert-OH is 2. The standard InChI is InChI=1S/2C13H19NO2.Cu/c2*15-10-6-2-1-5-9-14-11-12-7-3-4-8-13(12)16;/h2*3-4,7-8,11,14-15H,1-2,5-6,9-10H2;. The van der Waals surface area contributed by atoms with E-state index in [1.54, 1.807) is 48.9 Å². The fourth-order valence-corrected chi connectivity index (χ4v) is 2.95. The maximum atomic E-state index is 11.3. The summed E-state index contributed by atoms with van der Waals surface area (Å²) in [7, 11) is 0. The van der Waals surface area contributed by atoms with Gasteiger partial charge in [0.1, 0.15) is 0 Å². The number of aliphatic hydroxyl groups is 2. The molecule has 0 unspecified atom stereocenters. The molecule has 33 heavy (non-hydrogen) atoms. The minimum atomic E-state index is 0. The molecule has 1 radical (unpaired) electrons. The van der Waals surface area contributed by atoms with Gasteiger partial charge >= 0.3 is 0 Å². The van der Waals surface area contributed by atoms with Gasteiger partial charge in [0.15, 0.2) is 11.6 Å². The summed E-state index contributed by atoms with van der Waals surface area (Å²) in [6, 6.07) is 0. The molecule has 2 rings (SSSR count). The average Bonchev–Trinajstić information content (AvgIpc) is 2.80. The molecular weight excluding hydrogens is 468 g/mol. The minimum absolute atomic E-state index is 0. The molecule has 0 aromatic rings. The quantitative estimate of drug-likeness (QED) is 0.164. The van der Waals surface area contributed by atoms with E-state index < -0.39 is 0 Å². The number of carbonyl (C=O) groups excluding carboxylic acids is 2. The van der Waals surface area contributed by atoms with E-state index in [1.165, 1.54) is 0 Å². The van der Waals surface area contributed by atoms with Crippen molar-refractivity contribution in [2.45, 2.75) is 51.4 Å². The molecule has 0 amide bonds. The molecule has 0 aromatic carbocycles. The fraction of sp³-hybridized carbons (Fsp3) is 0.462. The second-order valence-electron chi connectivity index (χ2n) is 7.55. The molecule has 0 saturated carbocycles. The van der Waals surface area contributed by atoms with Crippen LogP contribution in [0.3, 0.4) is 0 Å². The van der Waals surface area contributed by atoms with Gasteiger partial charge in [0.25, 0.3) is 0 Å². The van der Waals surface area contributed by atoms with Crippen molar-refractivity contribution >= 4 is 11.6 Å². The molecule has 0 saturated heterocycles. The first-order valence-electron chi connectivity index (χ1n) is 11.6. The topological polar surface area (TPSA) is 98.7 Å². The van der Waals surface area contributed by atoms with Crippen molar-refractivity contribution < 1.29 is 36.9 Å². The third-order valence-corrected chi connectivity index (χ3v) is 4.81. The summed E-state index contributed by atoms with van der Waals surface area (Å²) in [5, 5.41) is 23.4. The molecule has 7 heteroatoms. The Morgan fingerprint density at radius 1 is 0.576 bits per heavy atom. The SMILES string of the molecule is O=C1C=CC=CC1=CNCCCCCCO.O=C1C=CC=CC1=CNCCCCCCO.[Cu]. The van der Waals surface area contributed by atoms with Gasteiger partial charge in [0.05, 0.1) is 0 Å². The van der Waals surface area contributed by atoms with Crippen molar-refractivity contribution in [1.82, 2.24) is 10.6 Å². The predicted octanol–water partition coefficient (Wildman–Crippen LogP) is 3.41. The number of unbranched alkanes of at least 4 members (excludes halogenated alkanes) is 6. The normalized spacial score (nSPS) is 16.5. The Bertz CT molecular complexity index is 675. The summed E-state index contributed by atoms with van der Waals surface area (Å²) in [4.78, 5) is 22.7. The van der Waals surface area contributed by atoms with Crippen LogP contribution >= 0.6 is 0 Å². The molecule has 0 spiro atoms. The molecule has 187 valence electrons. The van der Waals surface area contributed by atoms with Crippen LogP contribution in [-0.4, -0.2) is 48.1 Å². The minimum Gasteiger partial charge on any atom is -0.396 e. The third kappa shape index (κ3) is 16.1. The van der Waals surface area contributed by atoms with E-state index >= 15 is 0 Å². The van der Waals surface area contributed by atoms with Gasteiger partial charge in [-0.1, -0.05) is 50.0 Å². The van der Waals surface area contributed by atoms with Crippen LogP contribution in [0.25, 0.3) is 0 Å². The van der Waals surface area contributed by atoms with Crippen LogP contribution < -0.4 is 10.6 Å². The Balaban J connectivity index is 0.000000602. The van der Waals surface area contributed by atoms with Crippen LogP contribution in [0.4, 0.5) is 0 Å². The summed E-state index contributed by atoms with van der Waals surface area (Å²) in [6.07, 6.45) is 25.7. The van der Waals surface area contributed by atoms with Gasteiger partial charge in [-0.15, -0.1) is 0 Å². The van der Waals surface area contributed by atoms with Crippen molar-refractivity contribution in [3.05, 3.63) is 72.2 Å². The van der Waals surface area contributed by atoms with E-state index in [1.807, 2.05) is 12.2 Å². The number of carbonyl (C=O) groups is 2. The second-order valence-corrected chi connectivity index (χ2v) is 7.55. The number of allylic oxidation sites excluding steroid dienone is 10. The van der Waals surface area contributed by atoms with Crippen LogP contribution in [0.2, 0.25) is 0 Å². The first-order valence-corrected chi connectivity index (χ1v) is 11.6. The van der Waals surface area contributed by atoms with Crippen LogP contribution in [0, 0.1) is 0 Å². The van der Waals surface area contributed by atoms with Crippen molar-refractivity contribution in [2.75, 3.05) is 26.3 Å². The predicted molar refractivity (Wildman–Crippen MR) is 130 cm³/mol. The van der Waals surface area contributed by atoms with Crippen molar-refractivity contribution in [3.63, 3.8) is 0 Å². The van der Waals surface area contributed by atoms with Crippen LogP contribution in [0.1, 0.15) is 51.4 Å². The molecule has 2 aliphatic carbocycles. The van der Waals surface area contributed by atoms with Gasteiger partial charge in [-0.2, -0.15) is 0 Å². The van der Waals surface area contributed by atoms with Crippen LogP contribution in [0.15, 0.2) is 72.2 Å². The van der Waals surface area contributed by atoms with Gasteiger partial charge in [-0.3, -0.25) is 9.59 Å². The zero-order chi connectivity index (χ0) is 23.3. The Morgan fingerprint density at radius 3 is 1.30 bits per heavy atom. The van der Waals surface area contributed by atoms with E-state index in [9.17, 15) is 9.59 Å². The number of hydrogen-bond donors (Lipinski definition) is 4. The molecule has 0 bridgehead atoms. The van der Waals surface area contributed by atoms with E-state index in [0.717, 1.165) is 64.5 Å². The summed E-state index contributed by atoms with van der Waals surface area (Å²) in [5.74, 6) is 0.102. The Kier molecular flexibility index (Phi) is 20.2. The van der Waals surface area contributed by atoms with Gasteiger partial charge in [-0.05, 0) is 50.0 Å². The second kappa shape index (κ2) is 21.7.